The number of fused-ring (bicyclic) bond motifs is 1. The summed E-state index contributed by atoms with van der Waals surface area (Å²) >= 11 is 1.70. The van der Waals surface area contributed by atoms with Gasteiger partial charge in [0.1, 0.15) is 0 Å². The van der Waals surface area contributed by atoms with Crippen molar-refractivity contribution < 1.29 is 0 Å². The number of nitrogens with zero attached hydrogens (tertiary/aromatic N) is 3. The fraction of sp³-hybridized carbons (Fsp3) is 0.231. The summed E-state index contributed by atoms with van der Waals surface area (Å²) in [5, 5.41) is 0.999. The first-order valence-electron chi connectivity index (χ1n) is 5.52. The number of thiazole rings is 1. The van der Waals surface area contributed by atoms with Crippen molar-refractivity contribution in [2.45, 2.75) is 13.8 Å². The molecule has 2 aromatic heterocycles. The molecule has 0 amide bonds. The van der Waals surface area contributed by atoms with Crippen LogP contribution in [0.2, 0.25) is 0 Å². The van der Waals surface area contributed by atoms with Crippen molar-refractivity contribution in [2.24, 2.45) is 7.05 Å². The molecule has 0 fully saturated rings. The molecule has 0 spiro atoms. The molecule has 3 nitrogen and oxygen atoms in total. The van der Waals surface area contributed by atoms with Gasteiger partial charge in [0.25, 0.3) is 0 Å². The number of rotatable bonds is 1. The van der Waals surface area contributed by atoms with Crippen LogP contribution in [0.1, 0.15) is 10.6 Å². The first-order valence-corrected chi connectivity index (χ1v) is 6.34. The van der Waals surface area contributed by atoms with Crippen LogP contribution in [0.4, 0.5) is 0 Å². The van der Waals surface area contributed by atoms with Crippen LogP contribution in [0.25, 0.3) is 21.9 Å². The maximum absolute atomic E-state index is 4.65. The number of benzene rings is 1. The predicted molar refractivity (Wildman–Crippen MR) is 71.3 cm³/mol. The zero-order chi connectivity index (χ0) is 12.0. The van der Waals surface area contributed by atoms with Gasteiger partial charge in [-0.25, -0.2) is 9.97 Å². The van der Waals surface area contributed by atoms with Gasteiger partial charge in [0.05, 0.1) is 16.7 Å². The molecule has 0 atom stereocenters. The van der Waals surface area contributed by atoms with Crippen LogP contribution in [0.3, 0.4) is 0 Å². The number of hydrogen-bond acceptors (Lipinski definition) is 3. The lowest BCUT2D eigenvalue weighted by atomic mass is 10.3. The third kappa shape index (κ3) is 1.56. The summed E-state index contributed by atoms with van der Waals surface area (Å²) in [6, 6.07) is 8.16. The Morgan fingerprint density at radius 3 is 2.53 bits per heavy atom. The summed E-state index contributed by atoms with van der Waals surface area (Å²) in [5.41, 5.74) is 3.26. The van der Waals surface area contributed by atoms with Crippen molar-refractivity contribution in [3.05, 3.63) is 34.8 Å². The van der Waals surface area contributed by atoms with Crippen LogP contribution in [0.5, 0.6) is 0 Å². The molecule has 3 rings (SSSR count). The van der Waals surface area contributed by atoms with Crippen molar-refractivity contribution in [2.75, 3.05) is 0 Å². The minimum Gasteiger partial charge on any atom is -0.325 e. The third-order valence-corrected chi connectivity index (χ3v) is 4.08. The number of aromatic nitrogens is 3. The van der Waals surface area contributed by atoms with Gasteiger partial charge in [-0.2, -0.15) is 0 Å². The zero-order valence-corrected chi connectivity index (χ0v) is 10.9. The number of imidazole rings is 1. The first kappa shape index (κ1) is 10.5. The molecule has 2 heterocycles. The summed E-state index contributed by atoms with van der Waals surface area (Å²) in [5.74, 6) is 0.951. The van der Waals surface area contributed by atoms with Crippen LogP contribution in [0.15, 0.2) is 24.3 Å². The molecule has 1 aromatic carbocycles. The minimum absolute atomic E-state index is 0.951. The average Bonchev–Trinajstić information content (AvgIpc) is 2.82. The monoisotopic (exact) mass is 243 g/mol. The number of aryl methyl sites for hydroxylation is 3. The van der Waals surface area contributed by atoms with E-state index in [0.717, 1.165) is 27.6 Å². The lowest BCUT2D eigenvalue weighted by molar-refractivity contribution is 0.955. The summed E-state index contributed by atoms with van der Waals surface area (Å²) < 4.78 is 2.10. The Morgan fingerprint density at radius 2 is 1.88 bits per heavy atom. The molecule has 0 saturated carbocycles. The maximum Gasteiger partial charge on any atom is 0.170 e. The molecule has 0 aliphatic heterocycles. The lowest BCUT2D eigenvalue weighted by Gasteiger charge is -1.97. The summed E-state index contributed by atoms with van der Waals surface area (Å²) in [6.07, 6.45) is 0. The largest absolute Gasteiger partial charge is 0.325 e. The predicted octanol–water partition coefficient (Wildman–Crippen LogP) is 3.31. The Kier molecular flexibility index (Phi) is 2.26. The molecule has 4 heteroatoms. The van der Waals surface area contributed by atoms with E-state index in [9.17, 15) is 0 Å². The SMILES string of the molecule is Cc1nc(-c2nc3ccccc3n2C)sc1C. The highest BCUT2D eigenvalue weighted by atomic mass is 32.1. The van der Waals surface area contributed by atoms with Crippen molar-refractivity contribution >= 4 is 22.4 Å². The minimum atomic E-state index is 0.951. The molecule has 0 aliphatic rings. The average molecular weight is 243 g/mol. The van der Waals surface area contributed by atoms with E-state index in [2.05, 4.69) is 27.5 Å². The Bertz CT molecular complexity index is 674. The van der Waals surface area contributed by atoms with Gasteiger partial charge in [-0.05, 0) is 26.0 Å². The topological polar surface area (TPSA) is 30.7 Å². The molecule has 3 aromatic rings. The highest BCUT2D eigenvalue weighted by Crippen LogP contribution is 2.28. The quantitative estimate of drug-likeness (QED) is 0.656. The van der Waals surface area contributed by atoms with Gasteiger partial charge in [-0.3, -0.25) is 0 Å². The Labute approximate surface area is 104 Å². The first-order chi connectivity index (χ1) is 8.16. The van der Waals surface area contributed by atoms with Crippen molar-refractivity contribution in [1.82, 2.24) is 14.5 Å². The second-order valence-corrected chi connectivity index (χ2v) is 5.35. The fourth-order valence-electron chi connectivity index (χ4n) is 1.91. The molecule has 17 heavy (non-hydrogen) atoms. The van der Waals surface area contributed by atoms with E-state index in [-0.39, 0.29) is 0 Å². The summed E-state index contributed by atoms with van der Waals surface area (Å²) in [7, 11) is 2.04. The highest BCUT2D eigenvalue weighted by Gasteiger charge is 2.13. The number of para-hydroxylation sites is 2. The maximum atomic E-state index is 4.65. The van der Waals surface area contributed by atoms with Gasteiger partial charge >= 0.3 is 0 Å². The number of hydrogen-bond donors (Lipinski definition) is 0. The van der Waals surface area contributed by atoms with Gasteiger partial charge in [-0.15, -0.1) is 11.3 Å². The van der Waals surface area contributed by atoms with Gasteiger partial charge in [0, 0.05) is 11.9 Å². The molecule has 0 N–H and O–H groups in total. The Hall–Kier alpha value is -1.68. The van der Waals surface area contributed by atoms with Crippen LogP contribution in [-0.2, 0) is 7.05 Å². The van der Waals surface area contributed by atoms with Gasteiger partial charge in [0.2, 0.25) is 0 Å². The molecular formula is C13H13N3S. The van der Waals surface area contributed by atoms with E-state index < -0.39 is 0 Å². The van der Waals surface area contributed by atoms with Crippen molar-refractivity contribution in [1.29, 1.82) is 0 Å². The second kappa shape index (κ2) is 3.67. The van der Waals surface area contributed by atoms with Crippen molar-refractivity contribution in [3.8, 4) is 10.8 Å². The summed E-state index contributed by atoms with van der Waals surface area (Å²) in [6.45, 7) is 4.14. The molecule has 0 aliphatic carbocycles. The summed E-state index contributed by atoms with van der Waals surface area (Å²) in [4.78, 5) is 10.5. The molecule has 0 radical (unpaired) electrons. The Balaban J connectivity index is 2.27. The van der Waals surface area contributed by atoms with E-state index in [1.54, 1.807) is 11.3 Å². The van der Waals surface area contributed by atoms with E-state index in [4.69, 9.17) is 0 Å². The normalized spacial score (nSPS) is 11.2. The standard InChI is InChI=1S/C13H13N3S/c1-8-9(2)17-13(14-8)12-15-10-6-4-5-7-11(10)16(12)3/h4-7H,1-3H3. The van der Waals surface area contributed by atoms with Crippen LogP contribution < -0.4 is 0 Å². The molecule has 0 saturated heterocycles. The fourth-order valence-corrected chi connectivity index (χ4v) is 2.84. The van der Waals surface area contributed by atoms with E-state index >= 15 is 0 Å². The van der Waals surface area contributed by atoms with Crippen LogP contribution >= 0.6 is 11.3 Å². The van der Waals surface area contributed by atoms with Crippen molar-refractivity contribution in [3.63, 3.8) is 0 Å². The van der Waals surface area contributed by atoms with Gasteiger partial charge in [0.15, 0.2) is 10.8 Å². The van der Waals surface area contributed by atoms with E-state index in [0.29, 0.717) is 0 Å². The highest BCUT2D eigenvalue weighted by molar-refractivity contribution is 7.15. The van der Waals surface area contributed by atoms with Crippen LogP contribution in [0, 0.1) is 13.8 Å². The Morgan fingerprint density at radius 1 is 1.12 bits per heavy atom. The second-order valence-electron chi connectivity index (χ2n) is 4.14. The van der Waals surface area contributed by atoms with Crippen LogP contribution in [-0.4, -0.2) is 14.5 Å². The lowest BCUT2D eigenvalue weighted by Crippen LogP contribution is -1.91. The molecule has 0 bridgehead atoms. The van der Waals surface area contributed by atoms with E-state index in [1.165, 1.54) is 4.88 Å². The van der Waals surface area contributed by atoms with Gasteiger partial charge in [-0.1, -0.05) is 12.1 Å². The third-order valence-electron chi connectivity index (χ3n) is 3.01. The molecule has 0 unspecified atom stereocenters. The zero-order valence-electron chi connectivity index (χ0n) is 10.1. The molecular weight excluding hydrogens is 230 g/mol. The smallest absolute Gasteiger partial charge is 0.170 e. The van der Waals surface area contributed by atoms with E-state index in [1.807, 2.05) is 32.2 Å². The van der Waals surface area contributed by atoms with Gasteiger partial charge < -0.3 is 4.57 Å². The molecule has 86 valence electrons.